The van der Waals surface area contributed by atoms with E-state index in [1.54, 1.807) is 49.4 Å². The number of methoxy groups -OCH3 is 2. The Morgan fingerprint density at radius 1 is 0.952 bits per heavy atom. The van der Waals surface area contributed by atoms with Crippen LogP contribution in [0, 0.1) is 0 Å². The zero-order valence-corrected chi connectivity index (χ0v) is 26.7. The van der Waals surface area contributed by atoms with Crippen LogP contribution < -0.4 is 19.1 Å². The number of carbonyl (C=O) groups is 2. The Kier molecular flexibility index (Phi) is 10.8. The van der Waals surface area contributed by atoms with Crippen molar-refractivity contribution in [1.82, 2.24) is 10.2 Å². The number of rotatable bonds is 11. The number of anilines is 1. The maximum atomic E-state index is 14.2. The third kappa shape index (κ3) is 8.08. The summed E-state index contributed by atoms with van der Waals surface area (Å²) >= 11 is 12.5. The van der Waals surface area contributed by atoms with Crippen LogP contribution in [-0.2, 0) is 26.2 Å². The van der Waals surface area contributed by atoms with Gasteiger partial charge in [0.05, 0.1) is 24.8 Å². The summed E-state index contributed by atoms with van der Waals surface area (Å²) < 4.78 is 39.9. The molecule has 0 fully saturated rings. The number of halogens is 2. The van der Waals surface area contributed by atoms with E-state index >= 15 is 0 Å². The van der Waals surface area contributed by atoms with Crippen molar-refractivity contribution in [2.75, 3.05) is 25.1 Å². The Morgan fingerprint density at radius 2 is 1.62 bits per heavy atom. The number of hydrogen-bond acceptors (Lipinski definition) is 6. The van der Waals surface area contributed by atoms with E-state index in [1.807, 2.05) is 20.8 Å². The predicted molar refractivity (Wildman–Crippen MR) is 165 cm³/mol. The second kappa shape index (κ2) is 13.7. The first-order valence-electron chi connectivity index (χ1n) is 13.0. The number of ether oxygens (including phenoxy) is 2. The third-order valence-electron chi connectivity index (χ3n) is 6.29. The van der Waals surface area contributed by atoms with E-state index in [-0.39, 0.29) is 22.9 Å². The predicted octanol–water partition coefficient (Wildman–Crippen LogP) is 5.54. The molecule has 3 aromatic rings. The lowest BCUT2D eigenvalue weighted by atomic mass is 10.1. The first-order chi connectivity index (χ1) is 19.7. The molecule has 0 saturated heterocycles. The van der Waals surface area contributed by atoms with Crippen LogP contribution in [0.4, 0.5) is 5.69 Å². The molecule has 1 N–H and O–H groups in total. The maximum absolute atomic E-state index is 14.2. The van der Waals surface area contributed by atoms with Gasteiger partial charge in [-0.3, -0.25) is 13.9 Å². The molecule has 0 aliphatic heterocycles. The monoisotopic (exact) mass is 635 g/mol. The molecule has 0 aliphatic rings. The molecular weight excluding hydrogens is 601 g/mol. The molecular formula is C30H35Cl2N3O6S. The number of amides is 2. The normalized spacial score (nSPS) is 12.3. The summed E-state index contributed by atoms with van der Waals surface area (Å²) in [6.07, 6.45) is 0. The molecule has 0 spiro atoms. The van der Waals surface area contributed by atoms with Gasteiger partial charge in [0, 0.05) is 28.2 Å². The van der Waals surface area contributed by atoms with E-state index in [2.05, 4.69) is 5.32 Å². The number of benzene rings is 3. The smallest absolute Gasteiger partial charge is 0.264 e. The van der Waals surface area contributed by atoms with Gasteiger partial charge >= 0.3 is 0 Å². The molecule has 0 bridgehead atoms. The lowest BCUT2D eigenvalue weighted by molar-refractivity contribution is -0.140. The van der Waals surface area contributed by atoms with Crippen molar-refractivity contribution in [3.8, 4) is 11.5 Å². The van der Waals surface area contributed by atoms with E-state index in [9.17, 15) is 18.0 Å². The molecule has 1 atom stereocenters. The summed E-state index contributed by atoms with van der Waals surface area (Å²) in [7, 11) is -1.45. The van der Waals surface area contributed by atoms with Crippen LogP contribution in [0.25, 0.3) is 0 Å². The van der Waals surface area contributed by atoms with Gasteiger partial charge in [0.15, 0.2) is 0 Å². The summed E-state index contributed by atoms with van der Waals surface area (Å²) in [5, 5.41) is 3.59. The highest BCUT2D eigenvalue weighted by Crippen LogP contribution is 2.36. The van der Waals surface area contributed by atoms with Crippen molar-refractivity contribution in [2.45, 2.75) is 50.7 Å². The lowest BCUT2D eigenvalue weighted by Crippen LogP contribution is -2.54. The molecule has 226 valence electrons. The second-order valence-corrected chi connectivity index (χ2v) is 13.2. The SMILES string of the molecule is COc1ccc(OC)c(N(CC(=O)N(Cc2ccc(Cl)cc2Cl)C(C)C(=O)NC(C)(C)C)S(=O)(=O)c2ccccc2)c1. The first kappa shape index (κ1) is 33.0. The third-order valence-corrected chi connectivity index (χ3v) is 8.65. The number of nitrogens with one attached hydrogen (secondary N) is 1. The summed E-state index contributed by atoms with van der Waals surface area (Å²) in [5.41, 5.74) is 0.0424. The van der Waals surface area contributed by atoms with Gasteiger partial charge in [-0.25, -0.2) is 8.42 Å². The quantitative estimate of drug-likeness (QED) is 0.297. The van der Waals surface area contributed by atoms with Crippen LogP contribution in [0.3, 0.4) is 0 Å². The van der Waals surface area contributed by atoms with Crippen molar-refractivity contribution in [3.63, 3.8) is 0 Å². The summed E-state index contributed by atoms with van der Waals surface area (Å²) in [5.74, 6) is -0.512. The van der Waals surface area contributed by atoms with Crippen LogP contribution in [0.15, 0.2) is 71.6 Å². The molecule has 0 saturated carbocycles. The summed E-state index contributed by atoms with van der Waals surface area (Å²) in [4.78, 5) is 28.7. The number of sulfonamides is 1. The molecule has 0 aromatic heterocycles. The summed E-state index contributed by atoms with van der Waals surface area (Å²) in [6.45, 7) is 6.31. The second-order valence-electron chi connectivity index (χ2n) is 10.5. The molecule has 42 heavy (non-hydrogen) atoms. The molecule has 0 radical (unpaired) electrons. The maximum Gasteiger partial charge on any atom is 0.264 e. The van der Waals surface area contributed by atoms with E-state index in [0.717, 1.165) is 4.31 Å². The molecule has 12 heteroatoms. The van der Waals surface area contributed by atoms with Crippen LogP contribution in [0.1, 0.15) is 33.3 Å². The summed E-state index contributed by atoms with van der Waals surface area (Å²) in [6, 6.07) is 16.2. The van der Waals surface area contributed by atoms with E-state index in [4.69, 9.17) is 32.7 Å². The van der Waals surface area contributed by atoms with E-state index in [0.29, 0.717) is 21.4 Å². The molecule has 1 unspecified atom stereocenters. The number of carbonyl (C=O) groups excluding carboxylic acids is 2. The first-order valence-corrected chi connectivity index (χ1v) is 15.2. The Bertz CT molecular complexity index is 1530. The van der Waals surface area contributed by atoms with Gasteiger partial charge in [-0.2, -0.15) is 0 Å². The minimum absolute atomic E-state index is 0.0338. The number of nitrogens with zero attached hydrogens (tertiary/aromatic N) is 2. The highest BCUT2D eigenvalue weighted by Gasteiger charge is 2.35. The minimum atomic E-state index is -4.30. The highest BCUT2D eigenvalue weighted by molar-refractivity contribution is 7.92. The van der Waals surface area contributed by atoms with E-state index < -0.39 is 40.0 Å². The molecule has 2 amide bonds. The largest absolute Gasteiger partial charge is 0.497 e. The lowest BCUT2D eigenvalue weighted by Gasteiger charge is -2.34. The van der Waals surface area contributed by atoms with Crippen LogP contribution in [-0.4, -0.2) is 57.5 Å². The fraction of sp³-hybridized carbons (Fsp3) is 0.333. The van der Waals surface area contributed by atoms with Gasteiger partial charge in [0.2, 0.25) is 11.8 Å². The molecule has 0 aliphatic carbocycles. The fourth-order valence-electron chi connectivity index (χ4n) is 4.11. The van der Waals surface area contributed by atoms with Gasteiger partial charge < -0.3 is 19.7 Å². The molecule has 0 heterocycles. The Hall–Kier alpha value is -3.47. The standard InChI is InChI=1S/C30H35Cl2N3O6S/c1-20(29(37)33-30(2,3)4)34(18-21-12-13-22(31)16-25(21)32)28(36)19-35(42(38,39)24-10-8-7-9-11-24)26-17-23(40-5)14-15-27(26)41-6/h7-17,20H,18-19H2,1-6H3,(H,33,37). The average Bonchev–Trinajstić information content (AvgIpc) is 2.94. The van der Waals surface area contributed by atoms with Gasteiger partial charge in [0.25, 0.3) is 10.0 Å². The zero-order valence-electron chi connectivity index (χ0n) is 24.4. The Labute approximate surface area is 257 Å². The Balaban J connectivity index is 2.14. The van der Waals surface area contributed by atoms with E-state index in [1.165, 1.54) is 43.4 Å². The van der Waals surface area contributed by atoms with Crippen LogP contribution >= 0.6 is 23.2 Å². The molecule has 9 nitrogen and oxygen atoms in total. The van der Waals surface area contributed by atoms with Gasteiger partial charge in [-0.15, -0.1) is 0 Å². The fourth-order valence-corrected chi connectivity index (χ4v) is 6.02. The van der Waals surface area contributed by atoms with Gasteiger partial charge in [-0.1, -0.05) is 47.5 Å². The Morgan fingerprint density at radius 3 is 2.19 bits per heavy atom. The van der Waals surface area contributed by atoms with Crippen LogP contribution in [0.2, 0.25) is 10.0 Å². The van der Waals surface area contributed by atoms with Crippen molar-refractivity contribution in [1.29, 1.82) is 0 Å². The van der Waals surface area contributed by atoms with Crippen molar-refractivity contribution in [3.05, 3.63) is 82.3 Å². The zero-order chi connectivity index (χ0) is 31.2. The average molecular weight is 637 g/mol. The number of hydrogen-bond donors (Lipinski definition) is 1. The van der Waals surface area contributed by atoms with Crippen molar-refractivity contribution >= 4 is 50.7 Å². The highest BCUT2D eigenvalue weighted by atomic mass is 35.5. The van der Waals surface area contributed by atoms with Gasteiger partial charge in [-0.05, 0) is 69.7 Å². The van der Waals surface area contributed by atoms with Gasteiger partial charge in [0.1, 0.15) is 24.1 Å². The van der Waals surface area contributed by atoms with Crippen molar-refractivity contribution in [2.24, 2.45) is 0 Å². The minimum Gasteiger partial charge on any atom is -0.497 e. The topological polar surface area (TPSA) is 105 Å². The van der Waals surface area contributed by atoms with Crippen molar-refractivity contribution < 1.29 is 27.5 Å². The molecule has 3 rings (SSSR count). The molecule has 3 aromatic carbocycles. The van der Waals surface area contributed by atoms with Crippen LogP contribution in [0.5, 0.6) is 11.5 Å².